The predicted octanol–water partition coefficient (Wildman–Crippen LogP) is 8.05. The fourth-order valence-corrected chi connectivity index (χ4v) is 7.28. The van der Waals surface area contributed by atoms with Gasteiger partial charge in [-0.25, -0.2) is 16.8 Å². The summed E-state index contributed by atoms with van der Waals surface area (Å²) in [4.78, 5) is 0.899. The molecule has 0 radical (unpaired) electrons. The quantitative estimate of drug-likeness (QED) is 0.187. The molecule has 0 unspecified atom stereocenters. The van der Waals surface area contributed by atoms with Gasteiger partial charge in [-0.15, -0.1) is 0 Å². The van der Waals surface area contributed by atoms with Crippen molar-refractivity contribution >= 4 is 19.7 Å². The molecule has 7 heteroatoms. The van der Waals surface area contributed by atoms with Crippen LogP contribution in [0.5, 0.6) is 5.75 Å². The van der Waals surface area contributed by atoms with Crippen LogP contribution in [-0.2, 0) is 30.7 Å². The van der Waals surface area contributed by atoms with Crippen molar-refractivity contribution in [1.29, 1.82) is 0 Å². The van der Waals surface area contributed by atoms with Crippen LogP contribution in [0.15, 0.2) is 117 Å². The third-order valence-electron chi connectivity index (χ3n) is 8.12. The van der Waals surface area contributed by atoms with Crippen LogP contribution >= 0.6 is 0 Å². The normalized spacial score (nSPS) is 12.7. The molecule has 0 saturated heterocycles. The Kier molecular flexibility index (Phi) is 8.53. The van der Waals surface area contributed by atoms with Gasteiger partial charge in [-0.05, 0) is 111 Å². The highest BCUT2D eigenvalue weighted by atomic mass is 32.2. The number of hydrogen-bond acceptors (Lipinski definition) is 5. The first-order valence-corrected chi connectivity index (χ1v) is 16.8. The second-order valence-corrected chi connectivity index (χ2v) is 15.1. The van der Waals surface area contributed by atoms with Crippen molar-refractivity contribution in [3.05, 3.63) is 114 Å². The van der Waals surface area contributed by atoms with Gasteiger partial charge >= 0.3 is 0 Å². The van der Waals surface area contributed by atoms with E-state index in [2.05, 4.69) is 20.8 Å². The van der Waals surface area contributed by atoms with Crippen LogP contribution in [0, 0.1) is 6.92 Å². The maximum atomic E-state index is 13.3. The van der Waals surface area contributed by atoms with Gasteiger partial charge in [-0.1, -0.05) is 62.7 Å². The first kappa shape index (κ1) is 30.5. The van der Waals surface area contributed by atoms with Crippen molar-refractivity contribution < 1.29 is 21.6 Å². The van der Waals surface area contributed by atoms with Crippen molar-refractivity contribution in [1.82, 2.24) is 0 Å². The molecule has 5 nitrogen and oxygen atoms in total. The molecule has 0 heterocycles. The first-order valence-electron chi connectivity index (χ1n) is 13.8. The minimum atomic E-state index is -3.68. The summed E-state index contributed by atoms with van der Waals surface area (Å²) in [6.45, 7) is 12.1. The highest BCUT2D eigenvalue weighted by Crippen LogP contribution is 2.34. The fraction of sp³-hybridized carbons (Fsp3) is 0.294. The van der Waals surface area contributed by atoms with Crippen molar-refractivity contribution in [3.63, 3.8) is 0 Å². The maximum absolute atomic E-state index is 13.3. The zero-order chi connectivity index (χ0) is 30.1. The van der Waals surface area contributed by atoms with Crippen molar-refractivity contribution in [2.75, 3.05) is 0 Å². The molecule has 4 aromatic rings. The summed E-state index contributed by atoms with van der Waals surface area (Å²) in [7, 11) is -7.31. The third-order valence-corrected chi connectivity index (χ3v) is 11.7. The molecule has 0 aliphatic rings. The second-order valence-electron chi connectivity index (χ2n) is 11.2. The van der Waals surface area contributed by atoms with Crippen molar-refractivity contribution in [3.8, 4) is 5.75 Å². The van der Waals surface area contributed by atoms with E-state index in [4.69, 9.17) is 4.74 Å². The van der Waals surface area contributed by atoms with E-state index in [0.29, 0.717) is 5.75 Å². The lowest BCUT2D eigenvalue weighted by molar-refractivity contribution is 0.108. The van der Waals surface area contributed by atoms with Gasteiger partial charge in [-0.3, -0.25) is 0 Å². The van der Waals surface area contributed by atoms with E-state index >= 15 is 0 Å². The lowest BCUT2D eigenvalue weighted by Crippen LogP contribution is -2.25. The molecule has 4 rings (SSSR count). The standard InChI is InChI=1S/C34H38O5S2/c1-7-34(6,8-2)27-13-21-31(22-14-27)41(37,38)32-23-15-28(16-24-32)39-33(4,5)26-11-19-30(20-12-26)40(35,36)29-17-9-25(3)10-18-29/h9-24H,7-8H2,1-6H3. The molecule has 0 N–H and O–H groups in total. The van der Waals surface area contributed by atoms with E-state index in [9.17, 15) is 16.8 Å². The van der Waals surface area contributed by atoms with Gasteiger partial charge in [-0.2, -0.15) is 0 Å². The lowest BCUT2D eigenvalue weighted by atomic mass is 9.78. The number of ether oxygens (including phenoxy) is 1. The van der Waals surface area contributed by atoms with Crippen LogP contribution in [0.3, 0.4) is 0 Å². The summed E-state index contributed by atoms with van der Waals surface area (Å²) < 4.78 is 58.8. The number of sulfone groups is 2. The number of hydrogen-bond donors (Lipinski definition) is 0. The first-order chi connectivity index (χ1) is 19.2. The molecule has 0 aliphatic heterocycles. The van der Waals surface area contributed by atoms with E-state index in [-0.39, 0.29) is 25.0 Å². The minimum absolute atomic E-state index is 0.0176. The van der Waals surface area contributed by atoms with Gasteiger partial charge in [0.25, 0.3) is 0 Å². The molecule has 0 amide bonds. The van der Waals surface area contributed by atoms with Crippen LogP contribution in [0.25, 0.3) is 0 Å². The van der Waals surface area contributed by atoms with Crippen LogP contribution in [0.1, 0.15) is 64.2 Å². The Morgan fingerprint density at radius 2 is 0.878 bits per heavy atom. The van der Waals surface area contributed by atoms with E-state index in [1.165, 1.54) is 0 Å². The summed E-state index contributed by atoms with van der Waals surface area (Å²) in [5.74, 6) is 0.502. The summed E-state index contributed by atoms with van der Waals surface area (Å²) >= 11 is 0. The SMILES string of the molecule is CCC(C)(CC)c1ccc(S(=O)(=O)c2ccc(OC(C)(C)c3ccc(S(=O)(=O)c4ccc(C)cc4)cc3)cc2)cc1. The molecule has 0 aromatic heterocycles. The molecule has 0 spiro atoms. The van der Waals surface area contributed by atoms with Crippen molar-refractivity contribution in [2.45, 2.75) is 85.0 Å². The van der Waals surface area contributed by atoms with Gasteiger partial charge in [0.2, 0.25) is 19.7 Å². The Hall–Kier alpha value is -3.42. The topological polar surface area (TPSA) is 77.5 Å². The molecule has 4 aromatic carbocycles. The Bertz CT molecular complexity index is 1700. The van der Waals surface area contributed by atoms with E-state index < -0.39 is 25.3 Å². The molecule has 0 atom stereocenters. The highest BCUT2D eigenvalue weighted by Gasteiger charge is 2.26. The van der Waals surface area contributed by atoms with E-state index in [1.807, 2.05) is 32.9 Å². The Morgan fingerprint density at radius 1 is 0.537 bits per heavy atom. The Balaban J connectivity index is 1.50. The Labute approximate surface area is 245 Å². The average molecular weight is 591 g/mol. The van der Waals surface area contributed by atoms with E-state index in [1.54, 1.807) is 84.9 Å². The zero-order valence-electron chi connectivity index (χ0n) is 24.5. The average Bonchev–Trinajstić information content (AvgIpc) is 2.97. The third kappa shape index (κ3) is 6.26. The van der Waals surface area contributed by atoms with E-state index in [0.717, 1.165) is 29.5 Å². The molecular weight excluding hydrogens is 553 g/mol. The van der Waals surface area contributed by atoms with Gasteiger partial charge in [0, 0.05) is 0 Å². The van der Waals surface area contributed by atoms with Crippen LogP contribution in [0.4, 0.5) is 0 Å². The maximum Gasteiger partial charge on any atom is 0.206 e. The largest absolute Gasteiger partial charge is 0.483 e. The molecule has 0 fully saturated rings. The zero-order valence-corrected chi connectivity index (χ0v) is 26.1. The van der Waals surface area contributed by atoms with Gasteiger partial charge in [0.05, 0.1) is 19.6 Å². The summed E-state index contributed by atoms with van der Waals surface area (Å²) in [6.07, 6.45) is 1.95. The van der Waals surface area contributed by atoms with Crippen molar-refractivity contribution in [2.24, 2.45) is 0 Å². The van der Waals surface area contributed by atoms with Gasteiger partial charge < -0.3 is 4.74 Å². The lowest BCUT2D eigenvalue weighted by Gasteiger charge is -2.27. The fourth-order valence-electron chi connectivity index (χ4n) is 4.76. The molecular formula is C34H38O5S2. The molecule has 0 aliphatic carbocycles. The summed E-state index contributed by atoms with van der Waals surface area (Å²) in [5.41, 5.74) is 2.12. The van der Waals surface area contributed by atoms with Gasteiger partial charge in [0.1, 0.15) is 11.4 Å². The predicted molar refractivity (Wildman–Crippen MR) is 163 cm³/mol. The monoisotopic (exact) mass is 590 g/mol. The minimum Gasteiger partial charge on any atom is -0.483 e. The molecule has 216 valence electrons. The van der Waals surface area contributed by atoms with Crippen LogP contribution < -0.4 is 4.74 Å². The smallest absolute Gasteiger partial charge is 0.206 e. The molecule has 41 heavy (non-hydrogen) atoms. The number of aryl methyl sites for hydroxylation is 1. The molecule has 0 saturated carbocycles. The van der Waals surface area contributed by atoms with Crippen LogP contribution in [-0.4, -0.2) is 16.8 Å². The summed E-state index contributed by atoms with van der Waals surface area (Å²) in [6, 6.07) is 27.0. The number of benzene rings is 4. The number of rotatable bonds is 10. The molecule has 0 bridgehead atoms. The summed E-state index contributed by atoms with van der Waals surface area (Å²) in [5, 5.41) is 0. The van der Waals surface area contributed by atoms with Crippen LogP contribution in [0.2, 0.25) is 0 Å². The highest BCUT2D eigenvalue weighted by molar-refractivity contribution is 7.91. The second kappa shape index (κ2) is 11.5. The Morgan fingerprint density at radius 3 is 1.27 bits per heavy atom. The van der Waals surface area contributed by atoms with Gasteiger partial charge in [0.15, 0.2) is 0 Å².